The second-order valence-electron chi connectivity index (χ2n) is 4.73. The van der Waals surface area contributed by atoms with Crippen LogP contribution in [0, 0.1) is 10.1 Å². The summed E-state index contributed by atoms with van der Waals surface area (Å²) in [7, 11) is 0. The molecule has 0 amide bonds. The first-order valence-electron chi connectivity index (χ1n) is 6.12. The number of anilines is 1. The number of nitrogens with zero attached hydrogens (tertiary/aromatic N) is 2. The summed E-state index contributed by atoms with van der Waals surface area (Å²) in [5.41, 5.74) is 5.68. The summed E-state index contributed by atoms with van der Waals surface area (Å²) in [6.07, 6.45) is 1.69. The molecule has 108 valence electrons. The molecular weight excluding hydrogens is 286 g/mol. The minimum absolute atomic E-state index is 0.0587. The van der Waals surface area contributed by atoms with Crippen molar-refractivity contribution >= 4 is 28.9 Å². The molecule has 1 saturated heterocycles. The number of nitro groups is 1. The number of aromatic carboxylic acids is 1. The molecule has 1 aliphatic heterocycles. The summed E-state index contributed by atoms with van der Waals surface area (Å²) in [6, 6.07) is 2.14. The summed E-state index contributed by atoms with van der Waals surface area (Å²) >= 11 is 6.05. The number of nitro benzene ring substituents is 1. The van der Waals surface area contributed by atoms with Crippen LogP contribution in [-0.2, 0) is 0 Å². The number of carboxylic acid groups (broad SMARTS) is 1. The number of piperidine rings is 1. The maximum absolute atomic E-state index is 11.3. The number of benzene rings is 1. The summed E-state index contributed by atoms with van der Waals surface area (Å²) in [5.74, 6) is -1.25. The average Bonchev–Trinajstić information content (AvgIpc) is 2.37. The largest absolute Gasteiger partial charge is 0.478 e. The van der Waals surface area contributed by atoms with Crippen LogP contribution in [0.4, 0.5) is 11.4 Å². The first kappa shape index (κ1) is 14.5. The number of halogens is 1. The molecule has 2 rings (SSSR count). The lowest BCUT2D eigenvalue weighted by Gasteiger charge is -2.33. The Hall–Kier alpha value is -1.86. The van der Waals surface area contributed by atoms with Crippen molar-refractivity contribution in [2.24, 2.45) is 5.73 Å². The van der Waals surface area contributed by atoms with Gasteiger partial charge in [0.1, 0.15) is 0 Å². The second-order valence-corrected chi connectivity index (χ2v) is 5.14. The molecule has 1 heterocycles. The highest BCUT2D eigenvalue weighted by Gasteiger charge is 2.26. The fraction of sp³-hybridized carbons (Fsp3) is 0.417. The van der Waals surface area contributed by atoms with Gasteiger partial charge in [0.15, 0.2) is 0 Å². The monoisotopic (exact) mass is 299 g/mol. The van der Waals surface area contributed by atoms with E-state index in [1.54, 1.807) is 4.90 Å². The molecule has 0 aromatic heterocycles. The Morgan fingerprint density at radius 3 is 2.80 bits per heavy atom. The first-order chi connectivity index (χ1) is 9.40. The fourth-order valence-corrected chi connectivity index (χ4v) is 2.72. The van der Waals surface area contributed by atoms with Gasteiger partial charge >= 0.3 is 5.97 Å². The molecule has 0 bridgehead atoms. The van der Waals surface area contributed by atoms with Crippen molar-refractivity contribution in [2.45, 2.75) is 18.9 Å². The summed E-state index contributed by atoms with van der Waals surface area (Å²) in [6.45, 7) is 1.11. The smallest absolute Gasteiger partial charge is 0.338 e. The quantitative estimate of drug-likeness (QED) is 0.651. The molecule has 3 N–H and O–H groups in total. The highest BCUT2D eigenvalue weighted by atomic mass is 35.5. The van der Waals surface area contributed by atoms with E-state index < -0.39 is 10.9 Å². The maximum Gasteiger partial charge on any atom is 0.338 e. The number of hydrogen-bond acceptors (Lipinski definition) is 5. The SMILES string of the molecule is NC1CCCN(c2c(Cl)cc([N+](=O)[O-])cc2C(=O)O)C1. The van der Waals surface area contributed by atoms with Crippen LogP contribution >= 0.6 is 11.6 Å². The molecule has 0 spiro atoms. The first-order valence-corrected chi connectivity index (χ1v) is 6.49. The van der Waals surface area contributed by atoms with E-state index in [0.717, 1.165) is 18.9 Å². The van der Waals surface area contributed by atoms with Gasteiger partial charge < -0.3 is 15.7 Å². The number of non-ortho nitro benzene ring substituents is 1. The van der Waals surface area contributed by atoms with E-state index in [0.29, 0.717) is 18.8 Å². The molecule has 1 unspecified atom stereocenters. The van der Waals surface area contributed by atoms with Gasteiger partial charge in [-0.1, -0.05) is 11.6 Å². The standard InChI is InChI=1S/C12H14ClN3O4/c13-10-5-8(16(19)20)4-9(12(17)18)11(10)15-3-1-2-7(14)6-15/h4-5,7H,1-3,6,14H2,(H,17,18). The molecular formula is C12H14ClN3O4. The molecule has 0 radical (unpaired) electrons. The zero-order valence-corrected chi connectivity index (χ0v) is 11.3. The molecule has 1 aliphatic rings. The lowest BCUT2D eigenvalue weighted by Crippen LogP contribution is -2.43. The Kier molecular flexibility index (Phi) is 4.10. The lowest BCUT2D eigenvalue weighted by atomic mass is 10.0. The van der Waals surface area contributed by atoms with Gasteiger partial charge in [0, 0.05) is 31.3 Å². The Balaban J connectivity index is 2.50. The van der Waals surface area contributed by atoms with Crippen LogP contribution in [-0.4, -0.2) is 35.1 Å². The minimum Gasteiger partial charge on any atom is -0.478 e. The predicted octanol–water partition coefficient (Wildman–Crippen LogP) is 1.87. The summed E-state index contributed by atoms with van der Waals surface area (Å²) in [5, 5.41) is 20.1. The molecule has 20 heavy (non-hydrogen) atoms. The van der Waals surface area contributed by atoms with E-state index in [9.17, 15) is 20.0 Å². The Morgan fingerprint density at radius 1 is 1.55 bits per heavy atom. The highest BCUT2D eigenvalue weighted by molar-refractivity contribution is 6.34. The Labute approximate surface area is 120 Å². The van der Waals surface area contributed by atoms with Crippen LogP contribution in [0.15, 0.2) is 12.1 Å². The van der Waals surface area contributed by atoms with Crippen LogP contribution in [0.5, 0.6) is 0 Å². The third-order valence-corrected chi connectivity index (χ3v) is 3.55. The van der Waals surface area contributed by atoms with E-state index in [-0.39, 0.29) is 22.3 Å². The maximum atomic E-state index is 11.3. The van der Waals surface area contributed by atoms with Crippen molar-refractivity contribution in [1.29, 1.82) is 0 Å². The summed E-state index contributed by atoms with van der Waals surface area (Å²) in [4.78, 5) is 23.2. The Morgan fingerprint density at radius 2 is 2.25 bits per heavy atom. The summed E-state index contributed by atoms with van der Waals surface area (Å²) < 4.78 is 0. The van der Waals surface area contributed by atoms with Crippen molar-refractivity contribution in [2.75, 3.05) is 18.0 Å². The molecule has 0 saturated carbocycles. The molecule has 0 aliphatic carbocycles. The van der Waals surface area contributed by atoms with E-state index in [1.165, 1.54) is 6.07 Å². The van der Waals surface area contributed by atoms with Gasteiger partial charge in [0.2, 0.25) is 0 Å². The number of carboxylic acids is 1. The zero-order chi connectivity index (χ0) is 14.9. The third-order valence-electron chi connectivity index (χ3n) is 3.26. The van der Waals surface area contributed by atoms with E-state index in [2.05, 4.69) is 0 Å². The molecule has 8 heteroatoms. The van der Waals surface area contributed by atoms with E-state index >= 15 is 0 Å². The number of nitrogens with two attached hydrogens (primary N) is 1. The number of hydrogen-bond donors (Lipinski definition) is 2. The zero-order valence-electron chi connectivity index (χ0n) is 10.6. The topological polar surface area (TPSA) is 110 Å². The molecule has 1 fully saturated rings. The average molecular weight is 300 g/mol. The third kappa shape index (κ3) is 2.83. The second kappa shape index (κ2) is 5.64. The molecule has 1 aromatic rings. The minimum atomic E-state index is -1.25. The van der Waals surface area contributed by atoms with Gasteiger partial charge in [-0.05, 0) is 12.8 Å². The Bertz CT molecular complexity index is 564. The van der Waals surface area contributed by atoms with Crippen molar-refractivity contribution in [3.63, 3.8) is 0 Å². The molecule has 1 aromatic carbocycles. The van der Waals surface area contributed by atoms with Gasteiger partial charge in [-0.2, -0.15) is 0 Å². The van der Waals surface area contributed by atoms with Gasteiger partial charge in [0.05, 0.1) is 21.2 Å². The van der Waals surface area contributed by atoms with Crippen LogP contribution in [0.2, 0.25) is 5.02 Å². The van der Waals surface area contributed by atoms with E-state index in [4.69, 9.17) is 17.3 Å². The van der Waals surface area contributed by atoms with Crippen molar-refractivity contribution in [3.8, 4) is 0 Å². The van der Waals surface area contributed by atoms with Crippen LogP contribution in [0.25, 0.3) is 0 Å². The normalized spacial score (nSPS) is 18.9. The van der Waals surface area contributed by atoms with E-state index in [1.807, 2.05) is 0 Å². The molecule has 1 atom stereocenters. The van der Waals surface area contributed by atoms with Crippen LogP contribution < -0.4 is 10.6 Å². The van der Waals surface area contributed by atoms with Crippen molar-refractivity contribution in [3.05, 3.63) is 32.8 Å². The van der Waals surface area contributed by atoms with Crippen LogP contribution in [0.1, 0.15) is 23.2 Å². The van der Waals surface area contributed by atoms with Crippen molar-refractivity contribution in [1.82, 2.24) is 0 Å². The van der Waals surface area contributed by atoms with Crippen molar-refractivity contribution < 1.29 is 14.8 Å². The number of carbonyl (C=O) groups is 1. The molecule has 7 nitrogen and oxygen atoms in total. The number of rotatable bonds is 3. The van der Waals surface area contributed by atoms with Gasteiger partial charge in [-0.25, -0.2) is 4.79 Å². The van der Waals surface area contributed by atoms with Gasteiger partial charge in [-0.3, -0.25) is 10.1 Å². The van der Waals surface area contributed by atoms with Gasteiger partial charge in [0.25, 0.3) is 5.69 Å². The highest BCUT2D eigenvalue weighted by Crippen LogP contribution is 2.35. The van der Waals surface area contributed by atoms with Gasteiger partial charge in [-0.15, -0.1) is 0 Å². The fourth-order valence-electron chi connectivity index (χ4n) is 2.39. The van der Waals surface area contributed by atoms with Crippen LogP contribution in [0.3, 0.4) is 0 Å². The predicted molar refractivity (Wildman–Crippen MR) is 74.5 cm³/mol. The lowest BCUT2D eigenvalue weighted by molar-refractivity contribution is -0.384.